The molecule has 7 heteroatoms. The highest BCUT2D eigenvalue weighted by molar-refractivity contribution is 7.91. The lowest BCUT2D eigenvalue weighted by Gasteiger charge is -2.32. The summed E-state index contributed by atoms with van der Waals surface area (Å²) in [6.45, 7) is 3.45. The van der Waals surface area contributed by atoms with Crippen molar-refractivity contribution in [3.63, 3.8) is 0 Å². The van der Waals surface area contributed by atoms with Gasteiger partial charge in [0.25, 0.3) is 0 Å². The summed E-state index contributed by atoms with van der Waals surface area (Å²) in [5.74, 6) is 1.73. The fourth-order valence-corrected chi connectivity index (χ4v) is 4.86. The van der Waals surface area contributed by atoms with Gasteiger partial charge in [0.2, 0.25) is 0 Å². The first-order valence-corrected chi connectivity index (χ1v) is 11.1. The zero-order valence-electron chi connectivity index (χ0n) is 15.9. The number of para-hydroxylation sites is 2. The highest BCUT2D eigenvalue weighted by atomic mass is 32.2. The molecular formula is C20H24N4O2S. The third kappa shape index (κ3) is 3.32. The van der Waals surface area contributed by atoms with Gasteiger partial charge in [-0.1, -0.05) is 18.2 Å². The fraction of sp³-hybridized carbons (Fsp3) is 0.400. The molecule has 1 aromatic carbocycles. The van der Waals surface area contributed by atoms with E-state index in [0.29, 0.717) is 25.9 Å². The summed E-state index contributed by atoms with van der Waals surface area (Å²) in [5.41, 5.74) is 3.98. The van der Waals surface area contributed by atoms with Crippen molar-refractivity contribution in [3.05, 3.63) is 42.0 Å². The van der Waals surface area contributed by atoms with Gasteiger partial charge in [0.05, 0.1) is 16.3 Å². The van der Waals surface area contributed by atoms with Crippen LogP contribution in [0.25, 0.3) is 22.6 Å². The van der Waals surface area contributed by atoms with E-state index < -0.39 is 9.84 Å². The van der Waals surface area contributed by atoms with E-state index in [4.69, 9.17) is 9.97 Å². The predicted octanol–water partition coefficient (Wildman–Crippen LogP) is 2.96. The summed E-state index contributed by atoms with van der Waals surface area (Å²) in [5, 5.41) is -0.237. The Morgan fingerprint density at radius 2 is 1.74 bits per heavy atom. The van der Waals surface area contributed by atoms with Crippen molar-refractivity contribution < 1.29 is 8.42 Å². The van der Waals surface area contributed by atoms with Crippen LogP contribution in [0, 0.1) is 6.92 Å². The van der Waals surface area contributed by atoms with Crippen LogP contribution in [0.2, 0.25) is 0 Å². The van der Waals surface area contributed by atoms with Crippen LogP contribution in [0.5, 0.6) is 0 Å². The van der Waals surface area contributed by atoms with Crippen LogP contribution in [0.15, 0.2) is 36.4 Å². The minimum atomic E-state index is -2.97. The van der Waals surface area contributed by atoms with Crippen molar-refractivity contribution in [1.82, 2.24) is 14.5 Å². The SMILES string of the molecule is Cc1ccc(N2CCC(S(C)(=O)=O)CC2)nc1-c1nc2ccccc2n1C. The first-order valence-electron chi connectivity index (χ1n) is 9.18. The monoisotopic (exact) mass is 384 g/mol. The number of hydrogen-bond donors (Lipinski definition) is 0. The van der Waals surface area contributed by atoms with Crippen molar-refractivity contribution in [2.24, 2.45) is 7.05 Å². The van der Waals surface area contributed by atoms with Gasteiger partial charge in [-0.05, 0) is 43.5 Å². The summed E-state index contributed by atoms with van der Waals surface area (Å²) in [4.78, 5) is 11.9. The zero-order valence-corrected chi connectivity index (χ0v) is 16.7. The van der Waals surface area contributed by atoms with E-state index in [-0.39, 0.29) is 5.25 Å². The van der Waals surface area contributed by atoms with Crippen LogP contribution >= 0.6 is 0 Å². The van der Waals surface area contributed by atoms with E-state index >= 15 is 0 Å². The van der Waals surface area contributed by atoms with Crippen LogP contribution in [0.3, 0.4) is 0 Å². The second kappa shape index (κ2) is 6.64. The summed E-state index contributed by atoms with van der Waals surface area (Å²) < 4.78 is 25.7. The van der Waals surface area contributed by atoms with Crippen LogP contribution in [0.1, 0.15) is 18.4 Å². The zero-order chi connectivity index (χ0) is 19.2. The van der Waals surface area contributed by atoms with Gasteiger partial charge in [-0.3, -0.25) is 0 Å². The lowest BCUT2D eigenvalue weighted by atomic mass is 10.1. The van der Waals surface area contributed by atoms with E-state index in [0.717, 1.165) is 33.9 Å². The minimum Gasteiger partial charge on any atom is -0.357 e. The Bertz CT molecular complexity index is 1100. The molecule has 1 saturated heterocycles. The smallest absolute Gasteiger partial charge is 0.159 e. The highest BCUT2D eigenvalue weighted by Gasteiger charge is 2.27. The normalized spacial score (nSPS) is 16.2. The molecule has 1 aliphatic rings. The Balaban J connectivity index is 1.67. The molecule has 142 valence electrons. The van der Waals surface area contributed by atoms with Crippen molar-refractivity contribution in [1.29, 1.82) is 0 Å². The van der Waals surface area contributed by atoms with Crippen molar-refractivity contribution >= 4 is 26.7 Å². The van der Waals surface area contributed by atoms with Gasteiger partial charge in [0.1, 0.15) is 21.3 Å². The number of pyridine rings is 1. The molecule has 0 atom stereocenters. The van der Waals surface area contributed by atoms with Gasteiger partial charge in [0, 0.05) is 26.4 Å². The number of aromatic nitrogens is 3. The van der Waals surface area contributed by atoms with Crippen LogP contribution in [-0.4, -0.2) is 47.5 Å². The van der Waals surface area contributed by atoms with Crippen molar-refractivity contribution in [3.8, 4) is 11.5 Å². The molecule has 0 unspecified atom stereocenters. The van der Waals surface area contributed by atoms with E-state index in [1.807, 2.05) is 38.2 Å². The molecule has 27 heavy (non-hydrogen) atoms. The molecule has 2 aromatic heterocycles. The van der Waals surface area contributed by atoms with Gasteiger partial charge >= 0.3 is 0 Å². The maximum atomic E-state index is 11.8. The number of piperidine rings is 1. The van der Waals surface area contributed by atoms with Gasteiger partial charge in [-0.25, -0.2) is 18.4 Å². The molecular weight excluding hydrogens is 360 g/mol. The highest BCUT2D eigenvalue weighted by Crippen LogP contribution is 2.28. The molecule has 1 fully saturated rings. The Kier molecular flexibility index (Phi) is 4.42. The number of rotatable bonds is 3. The first-order chi connectivity index (χ1) is 12.8. The molecule has 3 aromatic rings. The predicted molar refractivity (Wildman–Crippen MR) is 109 cm³/mol. The molecule has 1 aliphatic heterocycles. The van der Waals surface area contributed by atoms with Crippen LogP contribution in [-0.2, 0) is 16.9 Å². The quantitative estimate of drug-likeness (QED) is 0.694. The summed E-state index contributed by atoms with van der Waals surface area (Å²) in [6, 6.07) is 12.1. The Morgan fingerprint density at radius 3 is 2.41 bits per heavy atom. The summed E-state index contributed by atoms with van der Waals surface area (Å²) in [7, 11) is -0.960. The average molecular weight is 385 g/mol. The molecule has 6 nitrogen and oxygen atoms in total. The van der Waals surface area contributed by atoms with E-state index in [9.17, 15) is 8.42 Å². The molecule has 4 rings (SSSR count). The third-order valence-electron chi connectivity index (χ3n) is 5.45. The largest absolute Gasteiger partial charge is 0.357 e. The Labute approximate surface area is 159 Å². The summed E-state index contributed by atoms with van der Waals surface area (Å²) >= 11 is 0. The van der Waals surface area contributed by atoms with Crippen molar-refractivity contribution in [2.75, 3.05) is 24.2 Å². The maximum Gasteiger partial charge on any atom is 0.159 e. The number of hydrogen-bond acceptors (Lipinski definition) is 5. The van der Waals surface area contributed by atoms with Crippen LogP contribution < -0.4 is 4.90 Å². The molecule has 0 saturated carbocycles. The Morgan fingerprint density at radius 1 is 1.04 bits per heavy atom. The van der Waals surface area contributed by atoms with Gasteiger partial charge in [0.15, 0.2) is 5.82 Å². The second-order valence-electron chi connectivity index (χ2n) is 7.33. The molecule has 0 bridgehead atoms. The maximum absolute atomic E-state index is 11.8. The molecule has 0 amide bonds. The number of sulfone groups is 1. The molecule has 0 spiro atoms. The third-order valence-corrected chi connectivity index (χ3v) is 7.14. The van der Waals surface area contributed by atoms with E-state index in [2.05, 4.69) is 21.6 Å². The lowest BCUT2D eigenvalue weighted by molar-refractivity contribution is 0.532. The van der Waals surface area contributed by atoms with Gasteiger partial charge in [-0.15, -0.1) is 0 Å². The number of benzene rings is 1. The van der Waals surface area contributed by atoms with Gasteiger partial charge in [-0.2, -0.15) is 0 Å². The number of imidazole rings is 1. The van der Waals surface area contributed by atoms with Gasteiger partial charge < -0.3 is 9.47 Å². The lowest BCUT2D eigenvalue weighted by Crippen LogP contribution is -2.39. The number of anilines is 1. The summed E-state index contributed by atoms with van der Waals surface area (Å²) in [6.07, 6.45) is 2.63. The minimum absolute atomic E-state index is 0.237. The number of nitrogens with zero attached hydrogens (tertiary/aromatic N) is 4. The average Bonchev–Trinajstić information content (AvgIpc) is 2.98. The molecule has 0 aliphatic carbocycles. The first kappa shape index (κ1) is 18.0. The second-order valence-corrected chi connectivity index (χ2v) is 9.66. The Hall–Kier alpha value is -2.41. The van der Waals surface area contributed by atoms with Crippen LogP contribution in [0.4, 0.5) is 5.82 Å². The standard InChI is InChI=1S/C20H24N4O2S/c1-14-8-9-18(24-12-10-15(11-13-24)27(3,25)26)22-19(14)20-21-16-6-4-5-7-17(16)23(20)2/h4-9,15H,10-13H2,1-3H3. The molecule has 0 N–H and O–H groups in total. The fourth-order valence-electron chi connectivity index (χ4n) is 3.79. The number of aryl methyl sites for hydroxylation is 2. The van der Waals surface area contributed by atoms with E-state index in [1.165, 1.54) is 6.26 Å². The topological polar surface area (TPSA) is 68.1 Å². The van der Waals surface area contributed by atoms with Crippen molar-refractivity contribution in [2.45, 2.75) is 25.0 Å². The molecule has 3 heterocycles. The molecule has 0 radical (unpaired) electrons. The van der Waals surface area contributed by atoms with E-state index in [1.54, 1.807) is 0 Å². The number of fused-ring (bicyclic) bond motifs is 1.